The number of aromatic carboxylic acids is 1. The number of carboxylic acids is 1. The molecule has 0 aromatic heterocycles. The number of carboxylic acid groups (broad SMARTS) is 1. The van der Waals surface area contributed by atoms with Gasteiger partial charge in [0.05, 0.1) is 4.92 Å². The third kappa shape index (κ3) is 3.47. The van der Waals surface area contributed by atoms with Crippen LogP contribution < -0.4 is 5.32 Å². The monoisotopic (exact) mass is 310 g/mol. The Morgan fingerprint density at radius 3 is 2.67 bits per heavy atom. The van der Waals surface area contributed by atoms with E-state index in [0.29, 0.717) is 5.69 Å². The number of anilines is 1. The van der Waals surface area contributed by atoms with Gasteiger partial charge in [-0.25, -0.2) is 4.79 Å². The van der Waals surface area contributed by atoms with E-state index in [1.165, 1.54) is 25.0 Å². The predicted molar refractivity (Wildman–Crippen MR) is 83.3 cm³/mol. The first-order valence-electron chi connectivity index (χ1n) is 6.78. The van der Waals surface area contributed by atoms with Crippen LogP contribution in [0, 0.1) is 10.1 Å². The summed E-state index contributed by atoms with van der Waals surface area (Å²) < 4.78 is 0.186. The van der Waals surface area contributed by atoms with Crippen molar-refractivity contribution >= 4 is 29.1 Å². The molecule has 2 rings (SSSR count). The molecule has 1 saturated carbocycles. The van der Waals surface area contributed by atoms with E-state index in [0.717, 1.165) is 19.4 Å². The molecule has 1 aromatic carbocycles. The first-order chi connectivity index (χ1) is 9.97. The summed E-state index contributed by atoms with van der Waals surface area (Å²) in [6, 6.07) is 4.14. The molecule has 1 aromatic rings. The third-order valence-electron chi connectivity index (χ3n) is 3.99. The van der Waals surface area contributed by atoms with E-state index in [1.54, 1.807) is 6.07 Å². The van der Waals surface area contributed by atoms with Crippen LogP contribution in [0.4, 0.5) is 11.4 Å². The van der Waals surface area contributed by atoms with E-state index in [-0.39, 0.29) is 16.0 Å². The van der Waals surface area contributed by atoms with Gasteiger partial charge < -0.3 is 10.4 Å². The van der Waals surface area contributed by atoms with Crippen molar-refractivity contribution in [2.24, 2.45) is 0 Å². The number of benzene rings is 1. The fraction of sp³-hybridized carbons (Fsp3) is 0.500. The van der Waals surface area contributed by atoms with Crippen LogP contribution in [0.25, 0.3) is 0 Å². The largest absolute Gasteiger partial charge is 0.477 e. The maximum Gasteiger partial charge on any atom is 0.342 e. The number of nitrogens with one attached hydrogen (secondary N) is 1. The van der Waals surface area contributed by atoms with Crippen LogP contribution in [-0.2, 0) is 0 Å². The molecule has 1 fully saturated rings. The van der Waals surface area contributed by atoms with E-state index in [1.807, 2.05) is 11.8 Å². The predicted octanol–water partition coefficient (Wildman–Crippen LogP) is 3.38. The molecule has 2 N–H and O–H groups in total. The van der Waals surface area contributed by atoms with Crippen LogP contribution in [0.3, 0.4) is 0 Å². The molecule has 7 heteroatoms. The summed E-state index contributed by atoms with van der Waals surface area (Å²) in [5.41, 5.74) is -0.0542. The van der Waals surface area contributed by atoms with E-state index in [9.17, 15) is 14.9 Å². The van der Waals surface area contributed by atoms with Crippen LogP contribution in [0.5, 0.6) is 0 Å². The van der Waals surface area contributed by atoms with E-state index >= 15 is 0 Å². The lowest BCUT2D eigenvalue weighted by molar-refractivity contribution is -0.385. The molecule has 0 saturated heterocycles. The molecule has 114 valence electrons. The molecule has 0 aliphatic heterocycles. The minimum Gasteiger partial charge on any atom is -0.477 e. The molecule has 0 unspecified atom stereocenters. The maximum absolute atomic E-state index is 11.1. The zero-order chi connectivity index (χ0) is 15.5. The van der Waals surface area contributed by atoms with E-state index < -0.39 is 10.9 Å². The molecule has 21 heavy (non-hydrogen) atoms. The van der Waals surface area contributed by atoms with Gasteiger partial charge in [0.15, 0.2) is 0 Å². The normalized spacial score (nSPS) is 16.6. The fourth-order valence-corrected chi connectivity index (χ4v) is 3.63. The first kappa shape index (κ1) is 15.6. The van der Waals surface area contributed by atoms with E-state index in [4.69, 9.17) is 5.11 Å². The van der Waals surface area contributed by atoms with Crippen molar-refractivity contribution < 1.29 is 14.8 Å². The standard InChI is InChI=1S/C14H18N2O4S/c1-21-14(6-2-3-7-14)9-15-10-4-5-12(16(19)20)11(8-10)13(17)18/h4-5,8,15H,2-3,6-7,9H2,1H3,(H,17,18). The molecule has 1 aliphatic rings. The Balaban J connectivity index is 2.15. The minimum absolute atomic E-state index is 0.186. The van der Waals surface area contributed by atoms with Crippen molar-refractivity contribution in [3.8, 4) is 0 Å². The smallest absolute Gasteiger partial charge is 0.342 e. The van der Waals surface area contributed by atoms with Gasteiger partial charge in [0.2, 0.25) is 0 Å². The van der Waals surface area contributed by atoms with Gasteiger partial charge in [0.1, 0.15) is 5.56 Å². The van der Waals surface area contributed by atoms with Crippen molar-refractivity contribution in [1.82, 2.24) is 0 Å². The number of carbonyl (C=O) groups is 1. The fourth-order valence-electron chi connectivity index (χ4n) is 2.71. The molecule has 0 atom stereocenters. The summed E-state index contributed by atoms with van der Waals surface area (Å²) in [5.74, 6) is -1.29. The van der Waals surface area contributed by atoms with Gasteiger partial charge in [0.25, 0.3) is 5.69 Å². The highest BCUT2D eigenvalue weighted by atomic mass is 32.2. The Morgan fingerprint density at radius 2 is 2.14 bits per heavy atom. The zero-order valence-electron chi connectivity index (χ0n) is 11.8. The Kier molecular flexibility index (Phi) is 4.72. The highest BCUT2D eigenvalue weighted by molar-refractivity contribution is 8.00. The van der Waals surface area contributed by atoms with Crippen LogP contribution >= 0.6 is 11.8 Å². The number of nitrogens with zero attached hydrogens (tertiary/aromatic N) is 1. The Hall–Kier alpha value is -1.76. The lowest BCUT2D eigenvalue weighted by atomic mass is 10.1. The van der Waals surface area contributed by atoms with Gasteiger partial charge in [-0.05, 0) is 31.2 Å². The van der Waals surface area contributed by atoms with E-state index in [2.05, 4.69) is 11.6 Å². The van der Waals surface area contributed by atoms with Crippen LogP contribution in [0.15, 0.2) is 18.2 Å². The van der Waals surface area contributed by atoms with Gasteiger partial charge in [-0.1, -0.05) is 12.8 Å². The summed E-state index contributed by atoms with van der Waals surface area (Å²) in [5, 5.41) is 23.1. The Labute approximate surface area is 127 Å². The molecular formula is C14H18N2O4S. The van der Waals surface area contributed by atoms with Gasteiger partial charge in [0, 0.05) is 23.0 Å². The summed E-state index contributed by atoms with van der Waals surface area (Å²) in [6.07, 6.45) is 6.79. The minimum atomic E-state index is -1.29. The second kappa shape index (κ2) is 6.34. The zero-order valence-corrected chi connectivity index (χ0v) is 12.6. The molecule has 0 spiro atoms. The molecule has 1 aliphatic carbocycles. The average Bonchev–Trinajstić information content (AvgIpc) is 2.94. The van der Waals surface area contributed by atoms with Crippen molar-refractivity contribution in [3.63, 3.8) is 0 Å². The van der Waals surface area contributed by atoms with Gasteiger partial charge in [-0.15, -0.1) is 0 Å². The number of nitro groups is 1. The maximum atomic E-state index is 11.1. The van der Waals surface area contributed by atoms with Crippen molar-refractivity contribution in [2.45, 2.75) is 30.4 Å². The Morgan fingerprint density at radius 1 is 1.48 bits per heavy atom. The summed E-state index contributed by atoms with van der Waals surface area (Å²) in [4.78, 5) is 21.3. The summed E-state index contributed by atoms with van der Waals surface area (Å²) >= 11 is 1.83. The summed E-state index contributed by atoms with van der Waals surface area (Å²) in [6.45, 7) is 0.741. The highest BCUT2D eigenvalue weighted by Gasteiger charge is 2.32. The second-order valence-electron chi connectivity index (χ2n) is 5.24. The van der Waals surface area contributed by atoms with Crippen LogP contribution in [0.1, 0.15) is 36.0 Å². The van der Waals surface area contributed by atoms with Crippen LogP contribution in [-0.4, -0.2) is 33.5 Å². The molecule has 6 nitrogen and oxygen atoms in total. The number of hydrogen-bond donors (Lipinski definition) is 2. The van der Waals surface area contributed by atoms with Crippen molar-refractivity contribution in [1.29, 1.82) is 0 Å². The number of hydrogen-bond acceptors (Lipinski definition) is 5. The molecule has 0 heterocycles. The molecule has 0 radical (unpaired) electrons. The Bertz CT molecular complexity index is 556. The van der Waals surface area contributed by atoms with Gasteiger partial charge in [-0.3, -0.25) is 10.1 Å². The highest BCUT2D eigenvalue weighted by Crippen LogP contribution is 2.40. The lowest BCUT2D eigenvalue weighted by Gasteiger charge is -2.27. The molecular weight excluding hydrogens is 292 g/mol. The van der Waals surface area contributed by atoms with Gasteiger partial charge in [-0.2, -0.15) is 11.8 Å². The number of nitro benzene ring substituents is 1. The number of rotatable bonds is 6. The number of thioether (sulfide) groups is 1. The molecule has 0 bridgehead atoms. The second-order valence-corrected chi connectivity index (χ2v) is 6.52. The average molecular weight is 310 g/mol. The van der Waals surface area contributed by atoms with Crippen LogP contribution in [0.2, 0.25) is 0 Å². The lowest BCUT2D eigenvalue weighted by Crippen LogP contribution is -2.30. The topological polar surface area (TPSA) is 92.5 Å². The SMILES string of the molecule is CSC1(CNc2ccc([N+](=O)[O-])c(C(=O)O)c2)CCCC1. The van der Waals surface area contributed by atoms with Crippen molar-refractivity contribution in [2.75, 3.05) is 18.1 Å². The summed E-state index contributed by atoms with van der Waals surface area (Å²) in [7, 11) is 0. The van der Waals surface area contributed by atoms with Crippen molar-refractivity contribution in [3.05, 3.63) is 33.9 Å². The molecule has 0 amide bonds. The van der Waals surface area contributed by atoms with Gasteiger partial charge >= 0.3 is 5.97 Å². The quantitative estimate of drug-likeness (QED) is 0.618. The first-order valence-corrected chi connectivity index (χ1v) is 8.01. The third-order valence-corrected chi connectivity index (χ3v) is 5.40.